The highest BCUT2D eigenvalue weighted by molar-refractivity contribution is 7.90. The van der Waals surface area contributed by atoms with E-state index in [9.17, 15) is 9.35 Å². The SMILES string of the molecule is CC(C)(C)OC(=O)N1CCC2(CC1)OCC(C)(C)[C@@H]2N[S+]([O-])C(C)(C)C. The van der Waals surface area contributed by atoms with Crippen molar-refractivity contribution >= 4 is 17.5 Å². The Hall–Kier alpha value is -0.500. The smallest absolute Gasteiger partial charge is 0.410 e. The van der Waals surface area contributed by atoms with Crippen molar-refractivity contribution in [1.29, 1.82) is 0 Å². The normalized spacial score (nSPS) is 26.8. The summed E-state index contributed by atoms with van der Waals surface area (Å²) in [6.45, 7) is 17.6. The number of ether oxygens (including phenoxy) is 2. The highest BCUT2D eigenvalue weighted by Crippen LogP contribution is 2.45. The van der Waals surface area contributed by atoms with E-state index in [1.54, 1.807) is 4.90 Å². The summed E-state index contributed by atoms with van der Waals surface area (Å²) in [6, 6.07) is -0.0177. The van der Waals surface area contributed by atoms with Gasteiger partial charge in [0.05, 0.1) is 18.2 Å². The van der Waals surface area contributed by atoms with Crippen molar-refractivity contribution in [3.8, 4) is 0 Å². The maximum absolute atomic E-state index is 12.7. The van der Waals surface area contributed by atoms with Crippen LogP contribution >= 0.6 is 0 Å². The molecule has 1 spiro atoms. The molecule has 6 nitrogen and oxygen atoms in total. The molecule has 1 amide bonds. The summed E-state index contributed by atoms with van der Waals surface area (Å²) in [7, 11) is 0. The zero-order chi connectivity index (χ0) is 20.0. The first-order valence-electron chi connectivity index (χ1n) is 9.46. The Morgan fingerprint density at radius 1 is 1.19 bits per heavy atom. The van der Waals surface area contributed by atoms with Crippen LogP contribution in [0, 0.1) is 5.41 Å². The molecular formula is C19H36N2O4S. The van der Waals surface area contributed by atoms with E-state index in [0.29, 0.717) is 32.5 Å². The number of piperidine rings is 1. The highest BCUT2D eigenvalue weighted by atomic mass is 32.2. The molecule has 2 atom stereocenters. The highest BCUT2D eigenvalue weighted by Gasteiger charge is 2.57. The van der Waals surface area contributed by atoms with E-state index in [4.69, 9.17) is 9.47 Å². The summed E-state index contributed by atoms with van der Waals surface area (Å²) in [5.74, 6) is 0. The lowest BCUT2D eigenvalue weighted by Gasteiger charge is -2.44. The van der Waals surface area contributed by atoms with Crippen LogP contribution in [0.4, 0.5) is 4.79 Å². The van der Waals surface area contributed by atoms with Gasteiger partial charge in [-0.1, -0.05) is 13.8 Å². The molecule has 1 N–H and O–H groups in total. The van der Waals surface area contributed by atoms with E-state index in [0.717, 1.165) is 0 Å². The van der Waals surface area contributed by atoms with Crippen LogP contribution in [-0.2, 0) is 20.8 Å². The third-order valence-electron chi connectivity index (χ3n) is 5.08. The van der Waals surface area contributed by atoms with Crippen LogP contribution in [0.5, 0.6) is 0 Å². The lowest BCUT2D eigenvalue weighted by atomic mass is 9.75. The first kappa shape index (κ1) is 21.8. The second-order valence-corrected chi connectivity index (χ2v) is 12.2. The molecule has 2 heterocycles. The van der Waals surface area contributed by atoms with Crippen LogP contribution in [0.2, 0.25) is 0 Å². The molecule has 0 saturated carbocycles. The van der Waals surface area contributed by atoms with Crippen LogP contribution in [0.25, 0.3) is 0 Å². The van der Waals surface area contributed by atoms with Gasteiger partial charge in [0, 0.05) is 29.9 Å². The van der Waals surface area contributed by atoms with Crippen LogP contribution in [0.1, 0.15) is 68.2 Å². The molecule has 0 aromatic rings. The Bertz CT molecular complexity index is 517. The van der Waals surface area contributed by atoms with Gasteiger partial charge < -0.3 is 18.9 Å². The fourth-order valence-electron chi connectivity index (χ4n) is 3.59. The molecule has 0 aromatic heterocycles. The van der Waals surface area contributed by atoms with Crippen LogP contribution < -0.4 is 4.72 Å². The Morgan fingerprint density at radius 2 is 1.73 bits per heavy atom. The topological polar surface area (TPSA) is 73.9 Å². The third kappa shape index (κ3) is 4.86. The summed E-state index contributed by atoms with van der Waals surface area (Å²) in [6.07, 6.45) is 1.16. The zero-order valence-corrected chi connectivity index (χ0v) is 18.4. The van der Waals surface area contributed by atoms with Gasteiger partial charge in [-0.3, -0.25) is 0 Å². The molecule has 2 aliphatic rings. The van der Waals surface area contributed by atoms with E-state index < -0.39 is 17.0 Å². The molecule has 152 valence electrons. The van der Waals surface area contributed by atoms with E-state index in [1.807, 2.05) is 41.5 Å². The minimum atomic E-state index is -1.17. The molecule has 2 rings (SSSR count). The Kier molecular flexibility index (Phi) is 5.99. The van der Waals surface area contributed by atoms with Crippen LogP contribution in [0.15, 0.2) is 0 Å². The van der Waals surface area contributed by atoms with Crippen molar-refractivity contribution in [2.24, 2.45) is 5.41 Å². The molecule has 2 fully saturated rings. The molecule has 1 unspecified atom stereocenters. The minimum Gasteiger partial charge on any atom is -0.598 e. The number of hydrogen-bond donors (Lipinski definition) is 1. The van der Waals surface area contributed by atoms with Crippen LogP contribution in [0.3, 0.4) is 0 Å². The predicted molar refractivity (Wildman–Crippen MR) is 104 cm³/mol. The van der Waals surface area contributed by atoms with Crippen molar-refractivity contribution in [3.63, 3.8) is 0 Å². The maximum Gasteiger partial charge on any atom is 0.410 e. The molecule has 26 heavy (non-hydrogen) atoms. The molecule has 0 radical (unpaired) electrons. The van der Waals surface area contributed by atoms with E-state index in [-0.39, 0.29) is 27.9 Å². The van der Waals surface area contributed by atoms with Gasteiger partial charge in [-0.15, -0.1) is 4.72 Å². The average molecular weight is 389 g/mol. The van der Waals surface area contributed by atoms with Gasteiger partial charge in [-0.05, 0) is 54.4 Å². The van der Waals surface area contributed by atoms with E-state index in [1.165, 1.54) is 0 Å². The molecule has 0 aliphatic carbocycles. The fourth-order valence-corrected chi connectivity index (χ4v) is 4.69. The first-order valence-corrected chi connectivity index (χ1v) is 10.6. The number of likely N-dealkylation sites (tertiary alicyclic amines) is 1. The van der Waals surface area contributed by atoms with Gasteiger partial charge in [0.25, 0.3) is 0 Å². The van der Waals surface area contributed by atoms with Crippen molar-refractivity contribution in [1.82, 2.24) is 9.62 Å². The summed E-state index contributed by atoms with van der Waals surface area (Å²) >= 11 is -1.17. The summed E-state index contributed by atoms with van der Waals surface area (Å²) < 4.78 is 27.5. The number of amides is 1. The van der Waals surface area contributed by atoms with Gasteiger partial charge in [-0.2, -0.15) is 0 Å². The second-order valence-electron chi connectivity index (χ2n) is 10.2. The van der Waals surface area contributed by atoms with Crippen molar-refractivity contribution < 1.29 is 18.8 Å². The second kappa shape index (κ2) is 7.15. The summed E-state index contributed by atoms with van der Waals surface area (Å²) in [5.41, 5.74) is -0.996. The van der Waals surface area contributed by atoms with Gasteiger partial charge in [-0.25, -0.2) is 4.79 Å². The number of rotatable bonds is 2. The number of carbonyl (C=O) groups is 1. The summed E-state index contributed by atoms with van der Waals surface area (Å²) in [4.78, 5) is 14.1. The van der Waals surface area contributed by atoms with E-state index >= 15 is 0 Å². The van der Waals surface area contributed by atoms with Gasteiger partial charge in [0.15, 0.2) is 0 Å². The largest absolute Gasteiger partial charge is 0.598 e. The molecular weight excluding hydrogens is 352 g/mol. The summed E-state index contributed by atoms with van der Waals surface area (Å²) in [5, 5.41) is 0. The zero-order valence-electron chi connectivity index (χ0n) is 17.6. The first-order chi connectivity index (χ1) is 11.7. The van der Waals surface area contributed by atoms with Crippen LogP contribution in [-0.4, -0.2) is 57.2 Å². The van der Waals surface area contributed by atoms with E-state index in [2.05, 4.69) is 18.6 Å². The van der Waals surface area contributed by atoms with Gasteiger partial charge >= 0.3 is 6.09 Å². The fraction of sp³-hybridized carbons (Fsp3) is 0.947. The molecule has 0 bridgehead atoms. The third-order valence-corrected chi connectivity index (χ3v) is 6.64. The minimum absolute atomic E-state index is 0.0177. The molecule has 0 aromatic carbocycles. The van der Waals surface area contributed by atoms with Gasteiger partial charge in [0.2, 0.25) is 0 Å². The van der Waals surface area contributed by atoms with Crippen molar-refractivity contribution in [2.45, 2.75) is 90.2 Å². The van der Waals surface area contributed by atoms with Gasteiger partial charge in [0.1, 0.15) is 10.3 Å². The Balaban J connectivity index is 2.08. The average Bonchev–Trinajstić information content (AvgIpc) is 2.70. The lowest BCUT2D eigenvalue weighted by Crippen LogP contribution is -2.61. The number of nitrogens with one attached hydrogen (secondary N) is 1. The maximum atomic E-state index is 12.7. The Labute approximate surface area is 161 Å². The van der Waals surface area contributed by atoms with Crippen molar-refractivity contribution in [3.05, 3.63) is 0 Å². The standard InChI is InChI=1S/C19H36N2O4S/c1-16(2,3)25-15(22)21-11-9-19(10-12-21)14(18(7,8)13-24-19)20-26(23)17(4,5)6/h14,20H,9-13H2,1-8H3/t14-,26?/m0/s1. The number of hydrogen-bond acceptors (Lipinski definition) is 5. The quantitative estimate of drug-likeness (QED) is 0.735. The molecule has 7 heteroatoms. The number of nitrogens with zero attached hydrogens (tertiary/aromatic N) is 1. The molecule has 2 aliphatic heterocycles. The predicted octanol–water partition coefficient (Wildman–Crippen LogP) is 3.23. The number of carbonyl (C=O) groups excluding carboxylic acids is 1. The molecule has 2 saturated heterocycles. The lowest BCUT2D eigenvalue weighted by molar-refractivity contribution is -0.0569. The monoisotopic (exact) mass is 388 g/mol. The Morgan fingerprint density at radius 3 is 2.19 bits per heavy atom. The van der Waals surface area contributed by atoms with Crippen molar-refractivity contribution in [2.75, 3.05) is 19.7 Å².